The van der Waals surface area contributed by atoms with Crippen LogP contribution in [0.5, 0.6) is 0 Å². The van der Waals surface area contributed by atoms with Gasteiger partial charge in [0.05, 0.1) is 0 Å². The molecule has 0 saturated carbocycles. The average molecular weight is 490 g/mol. The van der Waals surface area contributed by atoms with Crippen molar-refractivity contribution in [2.24, 2.45) is 0 Å². The Morgan fingerprint density at radius 3 is 0.667 bits per heavy atom. The second-order valence-corrected chi connectivity index (χ2v) is 1.92. The monoisotopic (exact) mass is 494 g/mol. The minimum Gasteiger partial charge on any atom is -0.748 e. The molecule has 0 atom stereocenters. The smallest absolute Gasteiger partial charge is 0 e. The van der Waals surface area contributed by atoms with E-state index < -0.39 is 0 Å². The van der Waals surface area contributed by atoms with Crippen molar-refractivity contribution in [2.75, 3.05) is 0 Å². The molecule has 2 rings (SSSR count). The molecule has 0 aliphatic heterocycles. The van der Waals surface area contributed by atoms with E-state index in [9.17, 15) is 0 Å². The molecule has 0 N–H and O–H groups in total. The van der Waals surface area contributed by atoms with Gasteiger partial charge < -0.3 is 30.3 Å². The van der Waals surface area contributed by atoms with Crippen molar-refractivity contribution in [2.45, 2.75) is 0 Å². The minimum atomic E-state index is 0. The van der Waals surface area contributed by atoms with Gasteiger partial charge in [-0.2, -0.15) is 18.2 Å². The molecule has 0 fully saturated rings. The first-order valence-corrected chi connectivity index (χ1v) is 4.56. The topological polar surface area (TPSA) is 119 Å². The molecular formula is C16H10Mo2O6-6. The molecule has 0 radical (unpaired) electrons. The first kappa shape index (κ1) is 49.5. The minimum absolute atomic E-state index is 0. The van der Waals surface area contributed by atoms with Crippen molar-refractivity contribution in [1.29, 1.82) is 0 Å². The van der Waals surface area contributed by atoms with Crippen LogP contribution in [-0.2, 0) is 70.0 Å². The van der Waals surface area contributed by atoms with E-state index in [1.165, 1.54) is 0 Å². The summed E-state index contributed by atoms with van der Waals surface area (Å²) in [6, 6.07) is 20.0. The van der Waals surface area contributed by atoms with Crippen LogP contribution in [0.4, 0.5) is 0 Å². The summed E-state index contributed by atoms with van der Waals surface area (Å²) < 4.78 is 45.0. The SMILES string of the molecule is [C-]#[O+].[C-]#[O+].[C-]#[O+].[C-]#[O+].[C-]#[O+].[C-]#[O+].[Mo].[Mo].[cH-]1[cH-][cH-][cH-][cH-]1.c1cc[cH-]c1. The van der Waals surface area contributed by atoms with Crippen LogP contribution in [0.25, 0.3) is 0 Å². The maximum absolute atomic E-state index is 7.50. The first-order valence-electron chi connectivity index (χ1n) is 4.56. The normalized spacial score (nSPS) is 3.83. The van der Waals surface area contributed by atoms with Crippen molar-refractivity contribution in [3.63, 3.8) is 0 Å². The predicted octanol–water partition coefficient (Wildman–Crippen LogP) is 2.58. The van der Waals surface area contributed by atoms with Gasteiger partial charge in [0.1, 0.15) is 0 Å². The van der Waals surface area contributed by atoms with Crippen molar-refractivity contribution in [3.8, 4) is 0 Å². The second kappa shape index (κ2) is 125. The van der Waals surface area contributed by atoms with E-state index in [4.69, 9.17) is 27.9 Å². The summed E-state index contributed by atoms with van der Waals surface area (Å²) in [5.74, 6) is 0. The fourth-order valence-electron chi connectivity index (χ4n) is 0.642. The van der Waals surface area contributed by atoms with Gasteiger partial charge in [-0.1, -0.05) is 0 Å². The summed E-state index contributed by atoms with van der Waals surface area (Å²) in [6.45, 7) is 27.0. The molecule has 0 bridgehead atoms. The van der Waals surface area contributed by atoms with Gasteiger partial charge in [0.15, 0.2) is 0 Å². The molecule has 0 unspecified atom stereocenters. The van der Waals surface area contributed by atoms with Crippen LogP contribution in [0, 0.1) is 39.9 Å². The van der Waals surface area contributed by atoms with E-state index >= 15 is 0 Å². The second-order valence-electron chi connectivity index (χ2n) is 1.92. The summed E-state index contributed by atoms with van der Waals surface area (Å²) >= 11 is 0. The van der Waals surface area contributed by atoms with Crippen molar-refractivity contribution < 1.29 is 70.0 Å². The van der Waals surface area contributed by atoms with E-state index in [0.717, 1.165) is 0 Å². The van der Waals surface area contributed by atoms with Gasteiger partial charge in [-0.25, -0.2) is 12.1 Å². The molecule has 0 aliphatic rings. The third-order valence-corrected chi connectivity index (χ3v) is 1.11. The third kappa shape index (κ3) is 108. The number of rotatable bonds is 0. The first-order chi connectivity index (χ1) is 11.0. The van der Waals surface area contributed by atoms with Crippen molar-refractivity contribution >= 4 is 0 Å². The Balaban J connectivity index is -0.0000000213. The summed E-state index contributed by atoms with van der Waals surface area (Å²) in [5, 5.41) is 0. The van der Waals surface area contributed by atoms with Crippen LogP contribution in [0.3, 0.4) is 0 Å². The zero-order valence-corrected chi connectivity index (χ0v) is 16.1. The Labute approximate surface area is 170 Å². The molecular weight excluding hydrogens is 480 g/mol. The zero-order chi connectivity index (χ0) is 19.1. The van der Waals surface area contributed by atoms with Gasteiger partial charge in [-0.15, -0.1) is 0 Å². The zero-order valence-electron chi connectivity index (χ0n) is 12.0. The van der Waals surface area contributed by atoms with Gasteiger partial charge >= 0.3 is 67.8 Å². The Bertz CT molecular complexity index is 329. The van der Waals surface area contributed by atoms with Crippen molar-refractivity contribution in [3.05, 3.63) is 101 Å². The van der Waals surface area contributed by atoms with Gasteiger partial charge in [0, 0.05) is 42.1 Å². The number of hydrogen-bond acceptors (Lipinski definition) is 0. The quantitative estimate of drug-likeness (QED) is 0.307. The largest absolute Gasteiger partial charge is 0.748 e. The standard InChI is InChI=1S/2C5H5.6CO.2Mo/c2*1-2-4-5-3-1;6*1-2;;/h2*1-5H;;;;;;;;/q-5;-1;;;;;;;;. The fourth-order valence-corrected chi connectivity index (χ4v) is 0.642. The van der Waals surface area contributed by atoms with Crippen LogP contribution >= 0.6 is 0 Å². The van der Waals surface area contributed by atoms with E-state index in [-0.39, 0.29) is 42.1 Å². The molecule has 0 heterocycles. The van der Waals surface area contributed by atoms with E-state index in [1.54, 1.807) is 0 Å². The third-order valence-electron chi connectivity index (χ3n) is 1.11. The van der Waals surface area contributed by atoms with Crippen LogP contribution in [-0.4, -0.2) is 0 Å². The summed E-state index contributed by atoms with van der Waals surface area (Å²) in [6.07, 6.45) is 0. The molecule has 128 valence electrons. The molecule has 2 aromatic rings. The Morgan fingerprint density at radius 2 is 0.583 bits per heavy atom. The van der Waals surface area contributed by atoms with Crippen LogP contribution < -0.4 is 0 Å². The molecule has 0 spiro atoms. The Morgan fingerprint density at radius 1 is 0.417 bits per heavy atom. The molecule has 0 amide bonds. The van der Waals surface area contributed by atoms with E-state index in [2.05, 4.69) is 39.9 Å². The summed E-state index contributed by atoms with van der Waals surface area (Å²) in [4.78, 5) is 0. The van der Waals surface area contributed by atoms with E-state index in [1.807, 2.05) is 60.7 Å². The van der Waals surface area contributed by atoms with Gasteiger partial charge in [0.2, 0.25) is 0 Å². The maximum atomic E-state index is 7.50. The molecule has 0 saturated heterocycles. The van der Waals surface area contributed by atoms with Crippen molar-refractivity contribution in [1.82, 2.24) is 0 Å². The van der Waals surface area contributed by atoms with Gasteiger partial charge in [0.25, 0.3) is 0 Å². The maximum Gasteiger partial charge on any atom is 0 e. The molecule has 0 aliphatic carbocycles. The molecule has 8 heteroatoms. The summed E-state index contributed by atoms with van der Waals surface area (Å²) in [5.41, 5.74) is 0. The Kier molecular flexibility index (Phi) is 257. The van der Waals surface area contributed by atoms with Crippen LogP contribution in [0.1, 0.15) is 0 Å². The molecule has 2 aromatic carbocycles. The van der Waals surface area contributed by atoms with Gasteiger partial charge in [-0.05, 0) is 0 Å². The fraction of sp³-hybridized carbons (Fsp3) is 0. The van der Waals surface area contributed by atoms with Crippen LogP contribution in [0.2, 0.25) is 0 Å². The number of hydrogen-bond donors (Lipinski definition) is 0. The Hall–Kier alpha value is -1.48. The molecule has 6 nitrogen and oxygen atoms in total. The predicted molar refractivity (Wildman–Crippen MR) is 67.6 cm³/mol. The van der Waals surface area contributed by atoms with Crippen LogP contribution in [0.15, 0.2) is 60.7 Å². The van der Waals surface area contributed by atoms with Gasteiger partial charge in [-0.3, -0.25) is 0 Å². The molecule has 24 heavy (non-hydrogen) atoms. The average Bonchev–Trinajstić information content (AvgIpc) is 3.43. The van der Waals surface area contributed by atoms with E-state index in [0.29, 0.717) is 0 Å². The molecule has 0 aromatic heterocycles. The summed E-state index contributed by atoms with van der Waals surface area (Å²) in [7, 11) is 0.